The average molecular weight is 194 g/mol. The zero-order valence-corrected chi connectivity index (χ0v) is 9.01. The first-order valence-electron chi connectivity index (χ1n) is 4.98. The third-order valence-electron chi connectivity index (χ3n) is 2.84. The molecule has 2 rings (SSSR count). The molecule has 1 aliphatic rings. The van der Waals surface area contributed by atoms with E-state index in [1.807, 2.05) is 6.08 Å². The molecule has 74 valence electrons. The van der Waals surface area contributed by atoms with Gasteiger partial charge in [0.05, 0.1) is 0 Å². The number of allylic oxidation sites excluding steroid dienone is 5. The van der Waals surface area contributed by atoms with E-state index in [2.05, 4.69) is 44.9 Å². The number of hydrogen-bond donors (Lipinski definition) is 0. The minimum atomic E-state index is 1.01. The highest BCUT2D eigenvalue weighted by Gasteiger charge is 2.23. The third-order valence-corrected chi connectivity index (χ3v) is 2.84. The largest absolute Gasteiger partial charge is 0.0990 e. The maximum atomic E-state index is 4.10. The summed E-state index contributed by atoms with van der Waals surface area (Å²) in [4.78, 5) is 0. The molecule has 0 heterocycles. The second-order valence-corrected chi connectivity index (χ2v) is 3.77. The Balaban J connectivity index is 2.77. The normalized spacial score (nSPS) is 17.0. The molecule has 0 fully saturated rings. The lowest BCUT2D eigenvalue weighted by Gasteiger charge is -2.02. The molecular formula is C15H14. The fraction of sp³-hybridized carbons (Fsp3) is 0.0667. The lowest BCUT2D eigenvalue weighted by atomic mass is 10.0. The van der Waals surface area contributed by atoms with Crippen LogP contribution in [0.2, 0.25) is 0 Å². The van der Waals surface area contributed by atoms with Crippen LogP contribution in [0.15, 0.2) is 55.7 Å². The van der Waals surface area contributed by atoms with E-state index < -0.39 is 0 Å². The zero-order chi connectivity index (χ0) is 11.0. The molecule has 15 heavy (non-hydrogen) atoms. The summed E-state index contributed by atoms with van der Waals surface area (Å²) < 4.78 is 0. The molecule has 0 aromatic heterocycles. The van der Waals surface area contributed by atoms with Gasteiger partial charge >= 0.3 is 0 Å². The Morgan fingerprint density at radius 2 is 1.87 bits per heavy atom. The summed E-state index contributed by atoms with van der Waals surface area (Å²) in [6.45, 7) is 14.0. The van der Waals surface area contributed by atoms with Crippen LogP contribution in [0.25, 0.3) is 11.1 Å². The fourth-order valence-corrected chi connectivity index (χ4v) is 2.08. The summed E-state index contributed by atoms with van der Waals surface area (Å²) in [5.74, 6) is 0. The molecule has 1 aromatic carbocycles. The standard InChI is InChI=1S/C15H14/c1-5-7-13-11(3)12(4)15-10(2)8-6-9-14(13)15/h5-9H,1,3-4H2,2H3/b13-7+. The van der Waals surface area contributed by atoms with E-state index in [1.54, 1.807) is 6.08 Å². The van der Waals surface area contributed by atoms with Gasteiger partial charge in [0.25, 0.3) is 0 Å². The van der Waals surface area contributed by atoms with Gasteiger partial charge in [0.15, 0.2) is 0 Å². The Labute approximate surface area is 91.0 Å². The Kier molecular flexibility index (Phi) is 2.20. The summed E-state index contributed by atoms with van der Waals surface area (Å²) >= 11 is 0. The topological polar surface area (TPSA) is 0 Å². The smallest absolute Gasteiger partial charge is 0.00758 e. The molecule has 0 N–H and O–H groups in total. The van der Waals surface area contributed by atoms with Gasteiger partial charge in [-0.15, -0.1) is 0 Å². The first-order chi connectivity index (χ1) is 7.16. The predicted molar refractivity (Wildman–Crippen MR) is 67.5 cm³/mol. The van der Waals surface area contributed by atoms with Crippen molar-refractivity contribution in [3.05, 3.63) is 72.4 Å². The van der Waals surface area contributed by atoms with E-state index in [0.29, 0.717) is 0 Å². The minimum absolute atomic E-state index is 1.01. The lowest BCUT2D eigenvalue weighted by molar-refractivity contribution is 1.43. The molecule has 0 saturated carbocycles. The molecule has 0 nitrogen and oxygen atoms in total. The van der Waals surface area contributed by atoms with Crippen LogP contribution in [-0.4, -0.2) is 0 Å². The van der Waals surface area contributed by atoms with Crippen molar-refractivity contribution >= 4 is 11.1 Å². The molecule has 0 saturated heterocycles. The van der Waals surface area contributed by atoms with Crippen molar-refractivity contribution in [1.29, 1.82) is 0 Å². The number of aryl methyl sites for hydroxylation is 1. The van der Waals surface area contributed by atoms with E-state index in [9.17, 15) is 0 Å². The van der Waals surface area contributed by atoms with Crippen LogP contribution in [0.1, 0.15) is 16.7 Å². The molecule has 0 heteroatoms. The molecule has 0 amide bonds. The van der Waals surface area contributed by atoms with Gasteiger partial charge in [-0.1, -0.05) is 50.1 Å². The Morgan fingerprint density at radius 1 is 1.13 bits per heavy atom. The van der Waals surface area contributed by atoms with Gasteiger partial charge in [0.1, 0.15) is 0 Å². The summed E-state index contributed by atoms with van der Waals surface area (Å²) in [6, 6.07) is 6.28. The first kappa shape index (κ1) is 9.72. The molecule has 0 aliphatic heterocycles. The molecule has 0 radical (unpaired) electrons. The van der Waals surface area contributed by atoms with Gasteiger partial charge in [-0.05, 0) is 40.3 Å². The average Bonchev–Trinajstić information content (AvgIpc) is 2.45. The molecule has 1 aromatic rings. The van der Waals surface area contributed by atoms with E-state index in [1.165, 1.54) is 16.7 Å². The van der Waals surface area contributed by atoms with Crippen molar-refractivity contribution in [1.82, 2.24) is 0 Å². The van der Waals surface area contributed by atoms with Crippen LogP contribution in [0, 0.1) is 6.92 Å². The quantitative estimate of drug-likeness (QED) is 0.630. The summed E-state index contributed by atoms with van der Waals surface area (Å²) in [5.41, 5.74) is 6.91. The maximum absolute atomic E-state index is 4.10. The second-order valence-electron chi connectivity index (χ2n) is 3.77. The predicted octanol–water partition coefficient (Wildman–Crippen LogP) is 4.15. The number of rotatable bonds is 1. The van der Waals surface area contributed by atoms with Crippen LogP contribution in [0.3, 0.4) is 0 Å². The van der Waals surface area contributed by atoms with Gasteiger partial charge in [-0.25, -0.2) is 0 Å². The Bertz CT molecular complexity index is 499. The van der Waals surface area contributed by atoms with Crippen molar-refractivity contribution in [2.75, 3.05) is 0 Å². The van der Waals surface area contributed by atoms with Gasteiger partial charge in [-0.2, -0.15) is 0 Å². The van der Waals surface area contributed by atoms with Gasteiger partial charge in [0, 0.05) is 0 Å². The summed E-state index contributed by atoms with van der Waals surface area (Å²) in [5, 5.41) is 0. The number of hydrogen-bond acceptors (Lipinski definition) is 0. The van der Waals surface area contributed by atoms with Crippen LogP contribution in [0.4, 0.5) is 0 Å². The van der Waals surface area contributed by atoms with Crippen LogP contribution < -0.4 is 0 Å². The summed E-state index contributed by atoms with van der Waals surface area (Å²) in [7, 11) is 0. The molecule has 0 unspecified atom stereocenters. The van der Waals surface area contributed by atoms with Crippen LogP contribution in [-0.2, 0) is 0 Å². The van der Waals surface area contributed by atoms with Crippen LogP contribution >= 0.6 is 0 Å². The molecule has 0 spiro atoms. The fourth-order valence-electron chi connectivity index (χ4n) is 2.08. The van der Waals surface area contributed by atoms with E-state index in [4.69, 9.17) is 0 Å². The van der Waals surface area contributed by atoms with Crippen molar-refractivity contribution < 1.29 is 0 Å². The molecular weight excluding hydrogens is 180 g/mol. The molecule has 1 aliphatic carbocycles. The van der Waals surface area contributed by atoms with Crippen molar-refractivity contribution in [2.24, 2.45) is 0 Å². The SMILES string of the molecule is C=C/C=C1\C(=C)C(=C)c2c(C)cccc21. The summed E-state index contributed by atoms with van der Waals surface area (Å²) in [6.07, 6.45) is 3.80. The molecule has 0 bridgehead atoms. The first-order valence-corrected chi connectivity index (χ1v) is 4.98. The monoisotopic (exact) mass is 194 g/mol. The van der Waals surface area contributed by atoms with Crippen molar-refractivity contribution in [3.8, 4) is 0 Å². The number of fused-ring (bicyclic) bond motifs is 1. The minimum Gasteiger partial charge on any atom is -0.0990 e. The highest BCUT2D eigenvalue weighted by molar-refractivity contribution is 6.07. The highest BCUT2D eigenvalue weighted by atomic mass is 14.3. The van der Waals surface area contributed by atoms with Gasteiger partial charge in [-0.3, -0.25) is 0 Å². The van der Waals surface area contributed by atoms with Gasteiger partial charge < -0.3 is 0 Å². The Hall–Kier alpha value is -1.82. The van der Waals surface area contributed by atoms with Crippen LogP contribution in [0.5, 0.6) is 0 Å². The zero-order valence-electron chi connectivity index (χ0n) is 9.01. The van der Waals surface area contributed by atoms with E-state index in [0.717, 1.165) is 16.7 Å². The lowest BCUT2D eigenvalue weighted by Crippen LogP contribution is -1.84. The number of benzene rings is 1. The third kappa shape index (κ3) is 1.30. The van der Waals surface area contributed by atoms with Crippen molar-refractivity contribution in [2.45, 2.75) is 6.92 Å². The van der Waals surface area contributed by atoms with E-state index >= 15 is 0 Å². The molecule has 0 atom stereocenters. The van der Waals surface area contributed by atoms with Crippen molar-refractivity contribution in [3.63, 3.8) is 0 Å². The maximum Gasteiger partial charge on any atom is -0.00758 e. The highest BCUT2D eigenvalue weighted by Crippen LogP contribution is 2.44. The Morgan fingerprint density at radius 3 is 2.53 bits per heavy atom. The second kappa shape index (κ2) is 3.39. The van der Waals surface area contributed by atoms with E-state index in [-0.39, 0.29) is 0 Å². The van der Waals surface area contributed by atoms with Gasteiger partial charge in [0.2, 0.25) is 0 Å².